The summed E-state index contributed by atoms with van der Waals surface area (Å²) in [5.41, 5.74) is 10.1. The summed E-state index contributed by atoms with van der Waals surface area (Å²) in [7, 11) is 4.97. The van der Waals surface area contributed by atoms with E-state index in [4.69, 9.17) is 18.9 Å². The van der Waals surface area contributed by atoms with Crippen molar-refractivity contribution >= 4 is 12.2 Å². The van der Waals surface area contributed by atoms with Crippen LogP contribution in [0.1, 0.15) is 49.9 Å². The zero-order valence-corrected chi connectivity index (χ0v) is 32.3. The van der Waals surface area contributed by atoms with Gasteiger partial charge in [-0.2, -0.15) is 0 Å². The number of aliphatic imine (C=N–C) groups is 1. The van der Waals surface area contributed by atoms with Crippen molar-refractivity contribution in [2.24, 2.45) is 4.99 Å². The molecule has 0 amide bonds. The molecule has 6 aromatic rings. The molecule has 7 nitrogen and oxygen atoms in total. The molecule has 0 aliphatic carbocycles. The molecule has 1 atom stereocenters. The van der Waals surface area contributed by atoms with Crippen LogP contribution in [0.15, 0.2) is 163 Å². The highest BCUT2D eigenvalue weighted by atomic mass is 16.5. The van der Waals surface area contributed by atoms with Gasteiger partial charge in [0.25, 0.3) is 0 Å². The molecular weight excluding hydrogens is 685 g/mol. The van der Waals surface area contributed by atoms with Gasteiger partial charge in [-0.3, -0.25) is 4.99 Å². The van der Waals surface area contributed by atoms with E-state index >= 15 is 0 Å². The molecule has 1 N–H and O–H groups in total. The highest BCUT2D eigenvalue weighted by Gasteiger charge is 2.11. The van der Waals surface area contributed by atoms with Crippen LogP contribution in [0.25, 0.3) is 11.1 Å². The number of ether oxygens (including phenoxy) is 4. The molecule has 0 radical (unpaired) electrons. The molecular formula is C48H48N2O5. The van der Waals surface area contributed by atoms with Crippen LogP contribution in [0.4, 0.5) is 0 Å². The molecule has 0 aromatic heterocycles. The van der Waals surface area contributed by atoms with Gasteiger partial charge in [0, 0.05) is 6.20 Å². The first-order valence-corrected chi connectivity index (χ1v) is 18.0. The minimum Gasteiger partial charge on any atom is -0.497 e. The van der Waals surface area contributed by atoms with Gasteiger partial charge in [-0.1, -0.05) is 114 Å². The third kappa shape index (κ3) is 12.2. The number of methoxy groups -OCH3 is 3. The van der Waals surface area contributed by atoms with Gasteiger partial charge in [0.2, 0.25) is 0 Å². The zero-order chi connectivity index (χ0) is 39.0. The summed E-state index contributed by atoms with van der Waals surface area (Å²) in [6.07, 6.45) is 4.55. The summed E-state index contributed by atoms with van der Waals surface area (Å²) in [5, 5.41) is 3.17. The third-order valence-corrected chi connectivity index (χ3v) is 8.83. The first kappa shape index (κ1) is 39.6. The Morgan fingerprint density at radius 2 is 0.982 bits per heavy atom. The van der Waals surface area contributed by atoms with Gasteiger partial charge >= 0.3 is 5.97 Å². The number of allylic oxidation sites excluding steroid dienone is 1. The van der Waals surface area contributed by atoms with Crippen molar-refractivity contribution in [1.29, 1.82) is 0 Å². The van der Waals surface area contributed by atoms with E-state index in [2.05, 4.69) is 84.8 Å². The molecule has 0 bridgehead atoms. The highest BCUT2D eigenvalue weighted by Crippen LogP contribution is 2.25. The van der Waals surface area contributed by atoms with E-state index in [1.54, 1.807) is 51.8 Å². The van der Waals surface area contributed by atoms with Crippen molar-refractivity contribution in [1.82, 2.24) is 5.32 Å². The van der Waals surface area contributed by atoms with E-state index in [1.165, 1.54) is 22.3 Å². The van der Waals surface area contributed by atoms with Crippen molar-refractivity contribution in [3.05, 3.63) is 196 Å². The normalized spacial score (nSPS) is 12.7. The van der Waals surface area contributed by atoms with E-state index in [9.17, 15) is 4.79 Å². The Labute approximate surface area is 324 Å². The fraction of sp³-hybridized carbons (Fsp3) is 0.167. The Morgan fingerprint density at radius 3 is 1.44 bits per heavy atom. The average molecular weight is 733 g/mol. The molecule has 6 aromatic carbocycles. The largest absolute Gasteiger partial charge is 0.497 e. The SMILES string of the molecule is COC1=CNC(c2ccc(C)cc2)N=C1.COc1ccc(-c2ccc(OC(=O)c3ccc(C)cc3)cc2)cc1.COc1ccc(Cc2ccc(C)cc2)cc1. The Balaban J connectivity index is 0.000000165. The first-order valence-electron chi connectivity index (χ1n) is 18.0. The molecule has 1 unspecified atom stereocenters. The van der Waals surface area contributed by atoms with Crippen LogP contribution in [-0.2, 0) is 11.2 Å². The van der Waals surface area contributed by atoms with Gasteiger partial charge in [-0.15, -0.1) is 0 Å². The first-order chi connectivity index (χ1) is 26.7. The number of hydrogen-bond acceptors (Lipinski definition) is 7. The number of rotatable bonds is 9. The van der Waals surface area contributed by atoms with E-state index in [1.807, 2.05) is 73.8 Å². The van der Waals surface area contributed by atoms with Crippen molar-refractivity contribution in [3.63, 3.8) is 0 Å². The van der Waals surface area contributed by atoms with E-state index < -0.39 is 0 Å². The highest BCUT2D eigenvalue weighted by molar-refractivity contribution is 5.91. The number of aryl methyl sites for hydroxylation is 3. The predicted molar refractivity (Wildman–Crippen MR) is 222 cm³/mol. The fourth-order valence-corrected chi connectivity index (χ4v) is 5.47. The summed E-state index contributed by atoms with van der Waals surface area (Å²) < 4.78 is 20.7. The van der Waals surface area contributed by atoms with E-state index in [0.717, 1.165) is 45.9 Å². The van der Waals surface area contributed by atoms with Crippen molar-refractivity contribution in [2.45, 2.75) is 33.4 Å². The molecule has 1 heterocycles. The van der Waals surface area contributed by atoms with Crippen LogP contribution in [0, 0.1) is 20.8 Å². The lowest BCUT2D eigenvalue weighted by atomic mass is 10.0. The lowest BCUT2D eigenvalue weighted by molar-refractivity contribution is 0.0734. The lowest BCUT2D eigenvalue weighted by Crippen LogP contribution is -2.18. The van der Waals surface area contributed by atoms with Gasteiger partial charge in [0.1, 0.15) is 23.4 Å². The van der Waals surface area contributed by atoms with Crippen molar-refractivity contribution in [2.75, 3.05) is 21.3 Å². The van der Waals surface area contributed by atoms with E-state index in [-0.39, 0.29) is 12.1 Å². The summed E-state index contributed by atoms with van der Waals surface area (Å²) in [6, 6.07) is 47.8. The number of nitrogens with one attached hydrogen (secondary N) is 1. The molecule has 0 saturated heterocycles. The van der Waals surface area contributed by atoms with Crippen LogP contribution in [0.3, 0.4) is 0 Å². The number of carbonyl (C=O) groups is 1. The van der Waals surface area contributed by atoms with E-state index in [0.29, 0.717) is 11.3 Å². The van der Waals surface area contributed by atoms with Crippen molar-refractivity contribution in [3.8, 4) is 28.4 Å². The summed E-state index contributed by atoms with van der Waals surface area (Å²) in [5.74, 6) is 2.65. The van der Waals surface area contributed by atoms with Gasteiger partial charge in [0.15, 0.2) is 5.76 Å². The Morgan fingerprint density at radius 1 is 0.545 bits per heavy atom. The second-order valence-corrected chi connectivity index (χ2v) is 13.0. The van der Waals surface area contributed by atoms with Gasteiger partial charge in [0.05, 0.1) is 33.1 Å². The molecule has 7 rings (SSSR count). The molecule has 1 aliphatic rings. The van der Waals surface area contributed by atoms with Crippen LogP contribution >= 0.6 is 0 Å². The molecule has 0 fully saturated rings. The van der Waals surface area contributed by atoms with Crippen LogP contribution < -0.4 is 19.5 Å². The monoisotopic (exact) mass is 732 g/mol. The summed E-state index contributed by atoms with van der Waals surface area (Å²) in [4.78, 5) is 16.5. The van der Waals surface area contributed by atoms with Gasteiger partial charge in [-0.05, 0) is 104 Å². The molecule has 1 aliphatic heterocycles. The second kappa shape index (κ2) is 20.0. The predicted octanol–water partition coefficient (Wildman–Crippen LogP) is 10.6. The second-order valence-electron chi connectivity index (χ2n) is 13.0. The number of esters is 1. The minimum atomic E-state index is -0.354. The average Bonchev–Trinajstić information content (AvgIpc) is 3.23. The maximum atomic E-state index is 12.1. The zero-order valence-electron chi connectivity index (χ0n) is 32.3. The standard InChI is InChI=1S/C21H18O3.C15H16O.C12H14N2O/c1-15-3-5-18(6-4-15)21(22)24-20-13-9-17(10-14-20)16-7-11-19(23-2)12-8-16;1-12-3-5-13(6-4-12)11-14-7-9-15(16-2)10-8-14;1-9-3-5-10(6-4-9)12-13-7-11(15-2)8-14-12/h3-14H,1-2H3;3-10H,11H2,1-2H3;3-8,12-13H,1-2H3. The Kier molecular flexibility index (Phi) is 14.4. The van der Waals surface area contributed by atoms with Crippen LogP contribution in [-0.4, -0.2) is 33.5 Å². The van der Waals surface area contributed by atoms with Crippen LogP contribution in [0.2, 0.25) is 0 Å². The number of nitrogens with zero attached hydrogens (tertiary/aromatic N) is 1. The van der Waals surface area contributed by atoms with Gasteiger partial charge in [-0.25, -0.2) is 4.79 Å². The maximum Gasteiger partial charge on any atom is 0.343 e. The topological polar surface area (TPSA) is 78.4 Å². The fourth-order valence-electron chi connectivity index (χ4n) is 5.47. The number of hydrogen-bond donors (Lipinski definition) is 1. The molecule has 0 spiro atoms. The Hall–Kier alpha value is -6.60. The minimum absolute atomic E-state index is 0.00417. The molecule has 0 saturated carbocycles. The molecule has 55 heavy (non-hydrogen) atoms. The summed E-state index contributed by atoms with van der Waals surface area (Å²) in [6.45, 7) is 6.16. The molecule has 280 valence electrons. The van der Waals surface area contributed by atoms with Crippen molar-refractivity contribution < 1.29 is 23.7 Å². The maximum absolute atomic E-state index is 12.1. The van der Waals surface area contributed by atoms with Crippen LogP contribution in [0.5, 0.6) is 17.2 Å². The summed E-state index contributed by atoms with van der Waals surface area (Å²) >= 11 is 0. The number of benzene rings is 6. The quantitative estimate of drug-likeness (QED) is 0.118. The Bertz CT molecular complexity index is 2140. The lowest BCUT2D eigenvalue weighted by Gasteiger charge is -2.17. The third-order valence-electron chi connectivity index (χ3n) is 8.83. The molecule has 7 heteroatoms. The smallest absolute Gasteiger partial charge is 0.343 e. The van der Waals surface area contributed by atoms with Gasteiger partial charge < -0.3 is 24.3 Å². The number of carbonyl (C=O) groups excluding carboxylic acids is 1.